The van der Waals surface area contributed by atoms with E-state index < -0.39 is 12.0 Å². The zero-order valence-corrected chi connectivity index (χ0v) is 16.6. The Balaban J connectivity index is 1.60. The Morgan fingerprint density at radius 3 is 2.79 bits per heavy atom. The van der Waals surface area contributed by atoms with Crippen molar-refractivity contribution in [2.24, 2.45) is 0 Å². The fourth-order valence-corrected chi connectivity index (χ4v) is 3.99. The van der Waals surface area contributed by atoms with Gasteiger partial charge in [-0.1, -0.05) is 18.2 Å². The highest BCUT2D eigenvalue weighted by molar-refractivity contribution is 5.88. The average molecular weight is 387 g/mol. The van der Waals surface area contributed by atoms with Crippen molar-refractivity contribution in [3.63, 3.8) is 0 Å². The highest BCUT2D eigenvalue weighted by atomic mass is 16.5. The molecular formula is C21H29N3O4. The third-order valence-electron chi connectivity index (χ3n) is 5.63. The molecule has 1 saturated heterocycles. The molecule has 1 aliphatic carbocycles. The van der Waals surface area contributed by atoms with Gasteiger partial charge in [0.05, 0.1) is 26.1 Å². The van der Waals surface area contributed by atoms with Crippen LogP contribution in [0.4, 0.5) is 0 Å². The van der Waals surface area contributed by atoms with Gasteiger partial charge in [-0.15, -0.1) is 0 Å². The minimum Gasteiger partial charge on any atom is -0.469 e. The van der Waals surface area contributed by atoms with E-state index in [-0.39, 0.29) is 30.8 Å². The fourth-order valence-electron chi connectivity index (χ4n) is 3.99. The van der Waals surface area contributed by atoms with Gasteiger partial charge in [0.1, 0.15) is 6.04 Å². The molecule has 0 saturated carbocycles. The third kappa shape index (κ3) is 4.90. The Morgan fingerprint density at radius 2 is 2.04 bits per heavy atom. The second-order valence-electron chi connectivity index (χ2n) is 7.58. The predicted octanol–water partition coefficient (Wildman–Crippen LogP) is 1.11. The fraction of sp³-hybridized carbons (Fsp3) is 0.571. The van der Waals surface area contributed by atoms with E-state index in [0.29, 0.717) is 13.1 Å². The van der Waals surface area contributed by atoms with E-state index in [1.54, 1.807) is 4.90 Å². The van der Waals surface area contributed by atoms with E-state index in [1.807, 2.05) is 6.92 Å². The van der Waals surface area contributed by atoms with Crippen LogP contribution in [0.15, 0.2) is 18.2 Å². The molecule has 1 aromatic rings. The van der Waals surface area contributed by atoms with Crippen molar-refractivity contribution in [3.8, 4) is 0 Å². The number of benzene rings is 1. The number of aryl methyl sites for hydroxylation is 2. The zero-order chi connectivity index (χ0) is 20.1. The van der Waals surface area contributed by atoms with Gasteiger partial charge in [0.25, 0.3) is 0 Å². The van der Waals surface area contributed by atoms with Gasteiger partial charge >= 0.3 is 5.97 Å². The van der Waals surface area contributed by atoms with E-state index in [0.717, 1.165) is 18.4 Å². The van der Waals surface area contributed by atoms with Crippen molar-refractivity contribution < 1.29 is 19.1 Å². The van der Waals surface area contributed by atoms with Crippen LogP contribution in [0.25, 0.3) is 0 Å². The minimum atomic E-state index is -0.675. The number of rotatable bonds is 6. The first-order chi connectivity index (χ1) is 13.5. The largest absolute Gasteiger partial charge is 0.469 e. The number of carbonyl (C=O) groups excluding carboxylic acids is 3. The van der Waals surface area contributed by atoms with Crippen LogP contribution in [0.5, 0.6) is 0 Å². The second-order valence-corrected chi connectivity index (χ2v) is 7.58. The summed E-state index contributed by atoms with van der Waals surface area (Å²) in [5.41, 5.74) is 3.89. The van der Waals surface area contributed by atoms with Gasteiger partial charge in [0.15, 0.2) is 0 Å². The molecule has 1 heterocycles. The summed E-state index contributed by atoms with van der Waals surface area (Å²) in [5.74, 6) is -0.864. The number of esters is 1. The van der Waals surface area contributed by atoms with Crippen LogP contribution in [-0.2, 0) is 32.0 Å². The van der Waals surface area contributed by atoms with E-state index in [1.165, 1.54) is 31.1 Å². The number of nitrogens with zero attached hydrogens (tertiary/aromatic N) is 1. The maximum Gasteiger partial charge on any atom is 0.307 e. The molecular weight excluding hydrogens is 358 g/mol. The quantitative estimate of drug-likeness (QED) is 0.714. The molecule has 0 spiro atoms. The number of nitrogens with one attached hydrogen (secondary N) is 2. The normalized spacial score (nSPS) is 20.6. The number of hydrogen-bond donors (Lipinski definition) is 2. The van der Waals surface area contributed by atoms with Crippen LogP contribution in [0.2, 0.25) is 0 Å². The Morgan fingerprint density at radius 1 is 1.29 bits per heavy atom. The number of methoxy groups -OCH3 is 1. The summed E-state index contributed by atoms with van der Waals surface area (Å²) in [6.45, 7) is 3.03. The van der Waals surface area contributed by atoms with Gasteiger partial charge in [0, 0.05) is 13.1 Å². The predicted molar refractivity (Wildman–Crippen MR) is 105 cm³/mol. The molecule has 0 bridgehead atoms. The summed E-state index contributed by atoms with van der Waals surface area (Å²) in [4.78, 5) is 38.1. The van der Waals surface area contributed by atoms with Gasteiger partial charge in [-0.05, 0) is 49.3 Å². The highest BCUT2D eigenvalue weighted by Gasteiger charge is 2.33. The van der Waals surface area contributed by atoms with E-state index in [4.69, 9.17) is 0 Å². The Kier molecular flexibility index (Phi) is 6.67. The maximum absolute atomic E-state index is 12.6. The summed E-state index contributed by atoms with van der Waals surface area (Å²) < 4.78 is 4.68. The number of hydrogen-bond acceptors (Lipinski definition) is 5. The Hall–Kier alpha value is -2.41. The topological polar surface area (TPSA) is 87.7 Å². The molecule has 1 aromatic carbocycles. The zero-order valence-electron chi connectivity index (χ0n) is 16.6. The van der Waals surface area contributed by atoms with Crippen molar-refractivity contribution >= 4 is 17.8 Å². The van der Waals surface area contributed by atoms with Gasteiger partial charge < -0.3 is 15.4 Å². The molecule has 1 fully saturated rings. The lowest BCUT2D eigenvalue weighted by atomic mass is 9.89. The van der Waals surface area contributed by atoms with Crippen LogP contribution < -0.4 is 10.6 Å². The van der Waals surface area contributed by atoms with Crippen molar-refractivity contribution in [2.75, 3.05) is 26.7 Å². The van der Waals surface area contributed by atoms with Crippen LogP contribution in [-0.4, -0.2) is 55.5 Å². The summed E-state index contributed by atoms with van der Waals surface area (Å²) in [6.07, 6.45) is 4.64. The van der Waals surface area contributed by atoms with E-state index in [9.17, 15) is 14.4 Å². The van der Waals surface area contributed by atoms with Crippen molar-refractivity contribution in [2.45, 2.75) is 51.1 Å². The molecule has 0 radical (unpaired) electrons. The monoisotopic (exact) mass is 387 g/mol. The summed E-state index contributed by atoms with van der Waals surface area (Å²) >= 11 is 0. The first-order valence-electron chi connectivity index (χ1n) is 9.97. The van der Waals surface area contributed by atoms with Crippen molar-refractivity contribution in [1.29, 1.82) is 0 Å². The Bertz CT molecular complexity index is 749. The lowest BCUT2D eigenvalue weighted by molar-refractivity contribution is -0.146. The second kappa shape index (κ2) is 9.19. The van der Waals surface area contributed by atoms with Crippen molar-refractivity contribution in [3.05, 3.63) is 34.9 Å². The lowest BCUT2D eigenvalue weighted by Gasteiger charge is -2.34. The first-order valence-corrected chi connectivity index (χ1v) is 9.97. The van der Waals surface area contributed by atoms with E-state index in [2.05, 4.69) is 33.6 Å². The first kappa shape index (κ1) is 20.3. The molecule has 2 atom stereocenters. The average Bonchev–Trinajstić information content (AvgIpc) is 2.69. The van der Waals surface area contributed by atoms with Crippen LogP contribution in [0.1, 0.15) is 48.9 Å². The number of fused-ring (bicyclic) bond motifs is 1. The molecule has 0 unspecified atom stereocenters. The SMILES string of the molecule is COC(=O)C[C@@H]1C(=O)NCCN1CC(=O)N[C@H](C)c1ccc2c(c1)CCCC2. The number of carbonyl (C=O) groups is 3. The molecule has 2 amide bonds. The Labute approximate surface area is 165 Å². The van der Waals surface area contributed by atoms with Gasteiger partial charge in [0.2, 0.25) is 11.8 Å². The molecule has 7 heteroatoms. The molecule has 0 aromatic heterocycles. The van der Waals surface area contributed by atoms with Gasteiger partial charge in [-0.25, -0.2) is 0 Å². The van der Waals surface area contributed by atoms with Crippen LogP contribution in [0.3, 0.4) is 0 Å². The van der Waals surface area contributed by atoms with Crippen LogP contribution >= 0.6 is 0 Å². The van der Waals surface area contributed by atoms with E-state index >= 15 is 0 Å². The maximum atomic E-state index is 12.6. The molecule has 2 aliphatic rings. The molecule has 7 nitrogen and oxygen atoms in total. The number of ether oxygens (including phenoxy) is 1. The number of amides is 2. The summed E-state index contributed by atoms with van der Waals surface area (Å²) in [7, 11) is 1.29. The standard InChI is InChI=1S/C21H29N3O4/c1-14(16-8-7-15-5-3-4-6-17(15)11-16)23-19(25)13-24-10-9-22-21(27)18(24)12-20(26)28-2/h7-8,11,14,18H,3-6,9-10,12-13H2,1-2H3,(H,22,27)(H,23,25)/t14-,18-/m1/s1. The smallest absolute Gasteiger partial charge is 0.307 e. The molecule has 152 valence electrons. The molecule has 1 aliphatic heterocycles. The summed E-state index contributed by atoms with van der Waals surface area (Å²) in [6, 6.07) is 5.67. The molecule has 2 N–H and O–H groups in total. The third-order valence-corrected chi connectivity index (χ3v) is 5.63. The number of piperazine rings is 1. The lowest BCUT2D eigenvalue weighted by Crippen LogP contribution is -2.58. The highest BCUT2D eigenvalue weighted by Crippen LogP contribution is 2.24. The van der Waals surface area contributed by atoms with Crippen LogP contribution in [0, 0.1) is 0 Å². The summed E-state index contributed by atoms with van der Waals surface area (Å²) in [5, 5.41) is 5.76. The molecule has 3 rings (SSSR count). The van der Waals surface area contributed by atoms with Gasteiger partial charge in [-0.2, -0.15) is 0 Å². The minimum absolute atomic E-state index is 0.0595. The van der Waals surface area contributed by atoms with Gasteiger partial charge in [-0.3, -0.25) is 19.3 Å². The van der Waals surface area contributed by atoms with Crippen molar-refractivity contribution in [1.82, 2.24) is 15.5 Å². The molecule has 28 heavy (non-hydrogen) atoms.